The van der Waals surface area contributed by atoms with E-state index in [4.69, 9.17) is 33.2 Å². The number of hydrogen-bond donors (Lipinski definition) is 3. The van der Waals surface area contributed by atoms with Crippen LogP contribution < -0.4 is 15.4 Å². The lowest BCUT2D eigenvalue weighted by Gasteiger charge is -2.11. The number of phenols is 1. The number of carbonyl (C=O) groups excluding carboxylic acids is 2. The van der Waals surface area contributed by atoms with Gasteiger partial charge in [-0.05, 0) is 78.9 Å². The van der Waals surface area contributed by atoms with Gasteiger partial charge in [0, 0.05) is 33.0 Å². The summed E-state index contributed by atoms with van der Waals surface area (Å²) in [4.78, 5) is 25.1. The Labute approximate surface area is 216 Å². The molecule has 4 rings (SSSR count). The summed E-state index contributed by atoms with van der Waals surface area (Å²) in [6, 6.07) is 24.0. The summed E-state index contributed by atoms with van der Waals surface area (Å²) in [6.07, 6.45) is 0. The van der Waals surface area contributed by atoms with Crippen LogP contribution in [0.4, 0.5) is 11.4 Å². The molecule has 0 aliphatic heterocycles. The van der Waals surface area contributed by atoms with Crippen molar-refractivity contribution < 1.29 is 19.4 Å². The van der Waals surface area contributed by atoms with Gasteiger partial charge in [-0.3, -0.25) is 9.59 Å². The van der Waals surface area contributed by atoms with Crippen LogP contribution in [0.5, 0.6) is 17.2 Å². The number of anilines is 2. The predicted molar refractivity (Wildman–Crippen MR) is 138 cm³/mol. The number of rotatable bonds is 6. The van der Waals surface area contributed by atoms with Gasteiger partial charge in [0.2, 0.25) is 0 Å². The smallest absolute Gasteiger partial charge is 0.259 e. The zero-order valence-corrected chi connectivity index (χ0v) is 20.0. The molecule has 0 aromatic heterocycles. The third-order valence-corrected chi connectivity index (χ3v) is 5.39. The molecular formula is C27H17Cl2N3O4. The van der Waals surface area contributed by atoms with Crippen LogP contribution in [-0.2, 0) is 0 Å². The molecule has 0 fully saturated rings. The van der Waals surface area contributed by atoms with Crippen LogP contribution >= 0.6 is 23.2 Å². The molecule has 3 N–H and O–H groups in total. The largest absolute Gasteiger partial charge is 0.507 e. The van der Waals surface area contributed by atoms with Gasteiger partial charge in [-0.15, -0.1) is 0 Å². The summed E-state index contributed by atoms with van der Waals surface area (Å²) in [5, 5.41) is 25.2. The molecule has 9 heteroatoms. The van der Waals surface area contributed by atoms with E-state index in [1.54, 1.807) is 48.5 Å². The number of carbonyl (C=O) groups is 2. The highest BCUT2D eigenvalue weighted by Gasteiger charge is 2.14. The van der Waals surface area contributed by atoms with Crippen molar-refractivity contribution in [2.75, 3.05) is 10.6 Å². The number of hydrogen-bond acceptors (Lipinski definition) is 5. The molecule has 0 radical (unpaired) electrons. The van der Waals surface area contributed by atoms with Crippen LogP contribution in [0, 0.1) is 11.3 Å². The number of benzene rings is 4. The van der Waals surface area contributed by atoms with Crippen molar-refractivity contribution in [1.82, 2.24) is 0 Å². The second-order valence-corrected chi connectivity index (χ2v) is 8.43. The molecule has 0 bridgehead atoms. The Balaban J connectivity index is 1.39. The minimum absolute atomic E-state index is 0.0247. The molecule has 2 amide bonds. The zero-order chi connectivity index (χ0) is 25.7. The maximum atomic E-state index is 12.7. The van der Waals surface area contributed by atoms with E-state index < -0.39 is 11.8 Å². The van der Waals surface area contributed by atoms with E-state index in [1.807, 2.05) is 6.07 Å². The van der Waals surface area contributed by atoms with E-state index >= 15 is 0 Å². The zero-order valence-electron chi connectivity index (χ0n) is 18.5. The molecule has 36 heavy (non-hydrogen) atoms. The van der Waals surface area contributed by atoms with Crippen molar-refractivity contribution in [3.05, 3.63) is 112 Å². The number of ether oxygens (including phenoxy) is 1. The van der Waals surface area contributed by atoms with Crippen molar-refractivity contribution in [1.29, 1.82) is 5.26 Å². The Morgan fingerprint density at radius 2 is 1.31 bits per heavy atom. The summed E-state index contributed by atoms with van der Waals surface area (Å²) in [5.74, 6) is -0.203. The number of halogens is 2. The summed E-state index contributed by atoms with van der Waals surface area (Å²) < 4.78 is 5.72. The highest BCUT2D eigenvalue weighted by molar-refractivity contribution is 6.35. The number of amides is 2. The normalized spacial score (nSPS) is 10.2. The Kier molecular flexibility index (Phi) is 7.40. The molecule has 0 aliphatic rings. The minimum atomic E-state index is -0.534. The Bertz CT molecular complexity index is 1460. The Morgan fingerprint density at radius 3 is 1.89 bits per heavy atom. The van der Waals surface area contributed by atoms with Gasteiger partial charge in [0.25, 0.3) is 11.8 Å². The Morgan fingerprint density at radius 1 is 0.750 bits per heavy atom. The van der Waals surface area contributed by atoms with Crippen LogP contribution in [-0.4, -0.2) is 16.9 Å². The quantitative estimate of drug-likeness (QED) is 0.258. The van der Waals surface area contributed by atoms with Gasteiger partial charge in [-0.2, -0.15) is 5.26 Å². The van der Waals surface area contributed by atoms with Gasteiger partial charge in [-0.1, -0.05) is 23.2 Å². The summed E-state index contributed by atoms with van der Waals surface area (Å²) in [7, 11) is 0. The molecule has 0 spiro atoms. The van der Waals surface area contributed by atoms with Gasteiger partial charge in [-0.25, -0.2) is 0 Å². The van der Waals surface area contributed by atoms with Crippen molar-refractivity contribution in [2.24, 2.45) is 0 Å². The molecule has 0 atom stereocenters. The van der Waals surface area contributed by atoms with Crippen LogP contribution in [0.3, 0.4) is 0 Å². The van der Waals surface area contributed by atoms with E-state index in [0.717, 1.165) is 0 Å². The molecule has 7 nitrogen and oxygen atoms in total. The highest BCUT2D eigenvalue weighted by Crippen LogP contribution is 2.26. The molecule has 0 aliphatic carbocycles. The fourth-order valence-corrected chi connectivity index (χ4v) is 3.75. The van der Waals surface area contributed by atoms with Crippen molar-refractivity contribution in [3.63, 3.8) is 0 Å². The Hall–Kier alpha value is -4.51. The maximum absolute atomic E-state index is 12.7. The second kappa shape index (κ2) is 10.8. The monoisotopic (exact) mass is 517 g/mol. The minimum Gasteiger partial charge on any atom is -0.507 e. The van der Waals surface area contributed by atoms with Crippen molar-refractivity contribution in [2.45, 2.75) is 0 Å². The molecule has 4 aromatic carbocycles. The topological polar surface area (TPSA) is 111 Å². The summed E-state index contributed by atoms with van der Waals surface area (Å²) in [5.41, 5.74) is 1.58. The third-order valence-electron chi connectivity index (χ3n) is 4.96. The van der Waals surface area contributed by atoms with Crippen LogP contribution in [0.2, 0.25) is 10.0 Å². The fraction of sp³-hybridized carbons (Fsp3) is 0. The molecule has 0 unspecified atom stereocenters. The molecule has 4 aromatic rings. The van der Waals surface area contributed by atoms with Gasteiger partial charge in [0.15, 0.2) is 0 Å². The average Bonchev–Trinajstić information content (AvgIpc) is 2.85. The lowest BCUT2D eigenvalue weighted by Crippen LogP contribution is -2.14. The summed E-state index contributed by atoms with van der Waals surface area (Å²) in [6.45, 7) is 0. The fourth-order valence-electron chi connectivity index (χ4n) is 3.23. The van der Waals surface area contributed by atoms with Crippen molar-refractivity contribution in [3.8, 4) is 23.3 Å². The molecule has 0 saturated carbocycles. The van der Waals surface area contributed by atoms with Gasteiger partial charge in [0.1, 0.15) is 17.2 Å². The number of aromatic hydroxyl groups is 1. The van der Waals surface area contributed by atoms with E-state index in [0.29, 0.717) is 32.8 Å². The maximum Gasteiger partial charge on any atom is 0.259 e. The first-order valence-electron chi connectivity index (χ1n) is 10.5. The number of nitriles is 1. The predicted octanol–water partition coefficient (Wildman–Crippen LogP) is 6.87. The standard InChI is InChI=1S/C27H17Cl2N3O4/c28-18-11-17(12-19(29)13-18)26(34)32-21-5-10-24(25(33)14-21)27(35)31-20-3-8-23(9-4-20)36-22-6-1-16(15-30)2-7-22/h1-14,33H,(H,31,35)(H,32,34). The van der Waals surface area contributed by atoms with E-state index in [1.165, 1.54) is 36.4 Å². The number of nitrogens with zero attached hydrogens (tertiary/aromatic N) is 1. The first-order valence-corrected chi connectivity index (χ1v) is 11.3. The second-order valence-electron chi connectivity index (χ2n) is 7.56. The lowest BCUT2D eigenvalue weighted by atomic mass is 10.1. The van der Waals surface area contributed by atoms with E-state index in [9.17, 15) is 14.7 Å². The molecule has 0 heterocycles. The third kappa shape index (κ3) is 6.13. The summed E-state index contributed by atoms with van der Waals surface area (Å²) >= 11 is 11.9. The first-order chi connectivity index (χ1) is 17.3. The average molecular weight is 518 g/mol. The highest BCUT2D eigenvalue weighted by atomic mass is 35.5. The lowest BCUT2D eigenvalue weighted by molar-refractivity contribution is 0.101. The molecular weight excluding hydrogens is 501 g/mol. The first kappa shape index (κ1) is 24.6. The van der Waals surface area contributed by atoms with Crippen LogP contribution in [0.25, 0.3) is 0 Å². The van der Waals surface area contributed by atoms with E-state index in [2.05, 4.69) is 10.6 Å². The van der Waals surface area contributed by atoms with Gasteiger partial charge < -0.3 is 20.5 Å². The van der Waals surface area contributed by atoms with Crippen LogP contribution in [0.1, 0.15) is 26.3 Å². The van der Waals surface area contributed by atoms with Gasteiger partial charge in [0.05, 0.1) is 17.2 Å². The van der Waals surface area contributed by atoms with Gasteiger partial charge >= 0.3 is 0 Å². The SMILES string of the molecule is N#Cc1ccc(Oc2ccc(NC(=O)c3ccc(NC(=O)c4cc(Cl)cc(Cl)c4)cc3O)cc2)cc1. The van der Waals surface area contributed by atoms with Crippen molar-refractivity contribution >= 4 is 46.4 Å². The molecule has 0 saturated heterocycles. The molecule has 178 valence electrons. The number of nitrogens with one attached hydrogen (secondary N) is 2. The number of phenolic OH excluding ortho intramolecular Hbond substituents is 1. The van der Waals surface area contributed by atoms with E-state index in [-0.39, 0.29) is 22.6 Å². The van der Waals surface area contributed by atoms with Crippen LogP contribution in [0.15, 0.2) is 84.9 Å².